The first-order valence-corrected chi connectivity index (χ1v) is 9.03. The molecule has 1 saturated heterocycles. The predicted octanol–water partition coefficient (Wildman–Crippen LogP) is 3.06. The zero-order chi connectivity index (χ0) is 18.1. The lowest BCUT2D eigenvalue weighted by Crippen LogP contribution is -2.45. The van der Waals surface area contributed by atoms with Gasteiger partial charge in [-0.1, -0.05) is 29.3 Å². The van der Waals surface area contributed by atoms with E-state index in [0.717, 1.165) is 42.8 Å². The second-order valence-electron chi connectivity index (χ2n) is 6.17. The third-order valence-electron chi connectivity index (χ3n) is 4.55. The number of amides is 1. The van der Waals surface area contributed by atoms with Gasteiger partial charge in [0.05, 0.1) is 27.2 Å². The van der Waals surface area contributed by atoms with Crippen molar-refractivity contribution >= 4 is 46.0 Å². The van der Waals surface area contributed by atoms with Crippen LogP contribution in [0, 0.1) is 0 Å². The molecule has 1 aliphatic heterocycles. The molecule has 3 aromatic rings. The molecular weight excluding hydrogens is 375 g/mol. The van der Waals surface area contributed by atoms with Gasteiger partial charge in [0.1, 0.15) is 12.1 Å². The highest BCUT2D eigenvalue weighted by atomic mass is 35.5. The van der Waals surface area contributed by atoms with Crippen LogP contribution in [-0.2, 0) is 0 Å². The summed E-state index contributed by atoms with van der Waals surface area (Å²) in [5, 5.41) is 11.5. The summed E-state index contributed by atoms with van der Waals surface area (Å²) in [6.45, 7) is 1.57. The highest BCUT2D eigenvalue weighted by Crippen LogP contribution is 2.27. The molecule has 0 saturated carbocycles. The lowest BCUT2D eigenvalue weighted by atomic mass is 10.0. The van der Waals surface area contributed by atoms with E-state index < -0.39 is 0 Å². The number of hydrogen-bond donors (Lipinski definition) is 2. The standard InChI is InChI=1S/C17H16Cl2N6O/c18-13-3-1-2-11(14(13)19)17(26)23-10-4-6-25(7-5-10)16-12-8-22-24-15(12)20-9-21-16/h1-3,8-10H,4-7H2,(H,23,26)(H,20,21,22,24). The van der Waals surface area contributed by atoms with Crippen LogP contribution in [0.3, 0.4) is 0 Å². The molecule has 9 heteroatoms. The van der Waals surface area contributed by atoms with E-state index in [1.807, 2.05) is 0 Å². The number of rotatable bonds is 3. The van der Waals surface area contributed by atoms with Crippen LogP contribution in [0.4, 0.5) is 5.82 Å². The third kappa shape index (κ3) is 3.20. The minimum atomic E-state index is -0.199. The van der Waals surface area contributed by atoms with Crippen LogP contribution in [0.15, 0.2) is 30.7 Å². The smallest absolute Gasteiger partial charge is 0.253 e. The fourth-order valence-electron chi connectivity index (χ4n) is 3.18. The van der Waals surface area contributed by atoms with Gasteiger partial charge in [-0.05, 0) is 25.0 Å². The molecule has 1 fully saturated rings. The van der Waals surface area contributed by atoms with E-state index in [-0.39, 0.29) is 17.0 Å². The number of aromatic amines is 1. The highest BCUT2D eigenvalue weighted by Gasteiger charge is 2.24. The van der Waals surface area contributed by atoms with E-state index in [1.165, 1.54) is 6.33 Å². The molecule has 0 aliphatic carbocycles. The molecule has 26 heavy (non-hydrogen) atoms. The van der Waals surface area contributed by atoms with Gasteiger partial charge in [-0.2, -0.15) is 5.10 Å². The van der Waals surface area contributed by atoms with Gasteiger partial charge in [-0.25, -0.2) is 9.97 Å². The monoisotopic (exact) mass is 390 g/mol. The number of benzene rings is 1. The van der Waals surface area contributed by atoms with Crippen molar-refractivity contribution in [1.82, 2.24) is 25.5 Å². The topological polar surface area (TPSA) is 86.8 Å². The molecule has 7 nitrogen and oxygen atoms in total. The van der Waals surface area contributed by atoms with E-state index in [1.54, 1.807) is 24.4 Å². The molecule has 0 spiro atoms. The molecule has 0 atom stereocenters. The zero-order valence-corrected chi connectivity index (χ0v) is 15.3. The fourth-order valence-corrected chi connectivity index (χ4v) is 3.57. The molecule has 3 heterocycles. The van der Waals surface area contributed by atoms with Crippen molar-refractivity contribution in [3.05, 3.63) is 46.3 Å². The number of fused-ring (bicyclic) bond motifs is 1. The average Bonchev–Trinajstić information content (AvgIpc) is 3.13. The lowest BCUT2D eigenvalue weighted by Gasteiger charge is -2.33. The van der Waals surface area contributed by atoms with Crippen molar-refractivity contribution in [1.29, 1.82) is 0 Å². The number of nitrogens with zero attached hydrogens (tertiary/aromatic N) is 4. The van der Waals surface area contributed by atoms with Crippen molar-refractivity contribution in [3.8, 4) is 0 Å². The number of H-pyrrole nitrogens is 1. The summed E-state index contributed by atoms with van der Waals surface area (Å²) in [5.41, 5.74) is 1.12. The zero-order valence-electron chi connectivity index (χ0n) is 13.7. The Labute approximate surface area is 159 Å². The largest absolute Gasteiger partial charge is 0.356 e. The van der Waals surface area contributed by atoms with E-state index in [9.17, 15) is 4.79 Å². The van der Waals surface area contributed by atoms with Gasteiger partial charge in [0.2, 0.25) is 0 Å². The molecule has 1 aliphatic rings. The fraction of sp³-hybridized carbons (Fsp3) is 0.294. The van der Waals surface area contributed by atoms with Crippen LogP contribution in [0.2, 0.25) is 10.0 Å². The van der Waals surface area contributed by atoms with Gasteiger partial charge in [0.25, 0.3) is 5.91 Å². The second kappa shape index (κ2) is 7.09. The first kappa shape index (κ1) is 17.1. The summed E-state index contributed by atoms with van der Waals surface area (Å²) < 4.78 is 0. The summed E-state index contributed by atoms with van der Waals surface area (Å²) >= 11 is 12.1. The van der Waals surface area contributed by atoms with Gasteiger partial charge in [0, 0.05) is 19.1 Å². The first-order valence-electron chi connectivity index (χ1n) is 8.27. The first-order chi connectivity index (χ1) is 12.6. The van der Waals surface area contributed by atoms with Gasteiger partial charge < -0.3 is 10.2 Å². The molecule has 1 amide bonds. The SMILES string of the molecule is O=C(NC1CCN(c2ncnc3[nH]ncc23)CC1)c1cccc(Cl)c1Cl. The van der Waals surface area contributed by atoms with Crippen LogP contribution in [0.1, 0.15) is 23.2 Å². The number of nitrogens with one attached hydrogen (secondary N) is 2. The molecular formula is C17H16Cl2N6O. The van der Waals surface area contributed by atoms with Gasteiger partial charge in [-0.15, -0.1) is 0 Å². The van der Waals surface area contributed by atoms with E-state index >= 15 is 0 Å². The predicted molar refractivity (Wildman–Crippen MR) is 101 cm³/mol. The Hall–Kier alpha value is -2.38. The van der Waals surface area contributed by atoms with Crippen molar-refractivity contribution in [3.63, 3.8) is 0 Å². The van der Waals surface area contributed by atoms with Crippen molar-refractivity contribution in [2.45, 2.75) is 18.9 Å². The Balaban J connectivity index is 1.42. The van der Waals surface area contributed by atoms with Gasteiger partial charge >= 0.3 is 0 Å². The maximum absolute atomic E-state index is 12.5. The van der Waals surface area contributed by atoms with Crippen molar-refractivity contribution < 1.29 is 4.79 Å². The third-order valence-corrected chi connectivity index (χ3v) is 5.37. The van der Waals surface area contributed by atoms with E-state index in [0.29, 0.717) is 10.6 Å². The summed E-state index contributed by atoms with van der Waals surface area (Å²) in [4.78, 5) is 23.2. The lowest BCUT2D eigenvalue weighted by molar-refractivity contribution is 0.0931. The Bertz CT molecular complexity index is 951. The Morgan fingerprint density at radius 1 is 1.23 bits per heavy atom. The Morgan fingerprint density at radius 3 is 2.85 bits per heavy atom. The van der Waals surface area contributed by atoms with Crippen LogP contribution >= 0.6 is 23.2 Å². The second-order valence-corrected chi connectivity index (χ2v) is 6.95. The molecule has 2 aromatic heterocycles. The average molecular weight is 391 g/mol. The van der Waals surface area contributed by atoms with Crippen LogP contribution < -0.4 is 10.2 Å². The summed E-state index contributed by atoms with van der Waals surface area (Å²) in [7, 11) is 0. The Kier molecular flexibility index (Phi) is 4.65. The highest BCUT2D eigenvalue weighted by molar-refractivity contribution is 6.43. The van der Waals surface area contributed by atoms with E-state index in [4.69, 9.17) is 23.2 Å². The summed E-state index contributed by atoms with van der Waals surface area (Å²) in [5.74, 6) is 0.668. The maximum Gasteiger partial charge on any atom is 0.253 e. The Morgan fingerprint density at radius 2 is 2.04 bits per heavy atom. The molecule has 0 unspecified atom stereocenters. The number of carbonyl (C=O) groups is 1. The number of piperidine rings is 1. The number of hydrogen-bond acceptors (Lipinski definition) is 5. The van der Waals surface area contributed by atoms with Crippen molar-refractivity contribution in [2.24, 2.45) is 0 Å². The quantitative estimate of drug-likeness (QED) is 0.717. The van der Waals surface area contributed by atoms with Gasteiger partial charge in [-0.3, -0.25) is 9.89 Å². The van der Waals surface area contributed by atoms with Crippen LogP contribution in [-0.4, -0.2) is 45.2 Å². The molecule has 1 aromatic carbocycles. The number of anilines is 1. The normalized spacial score (nSPS) is 15.4. The van der Waals surface area contributed by atoms with Gasteiger partial charge in [0.15, 0.2) is 5.65 Å². The summed E-state index contributed by atoms with van der Waals surface area (Å²) in [6, 6.07) is 5.14. The molecule has 0 bridgehead atoms. The number of carbonyl (C=O) groups excluding carboxylic acids is 1. The van der Waals surface area contributed by atoms with Crippen LogP contribution in [0.5, 0.6) is 0 Å². The molecule has 4 rings (SSSR count). The summed E-state index contributed by atoms with van der Waals surface area (Å²) in [6.07, 6.45) is 4.89. The maximum atomic E-state index is 12.5. The van der Waals surface area contributed by atoms with Crippen LogP contribution in [0.25, 0.3) is 11.0 Å². The van der Waals surface area contributed by atoms with E-state index in [2.05, 4.69) is 30.4 Å². The number of aromatic nitrogens is 4. The van der Waals surface area contributed by atoms with Crippen molar-refractivity contribution in [2.75, 3.05) is 18.0 Å². The minimum Gasteiger partial charge on any atom is -0.356 e. The number of halogens is 2. The molecule has 2 N–H and O–H groups in total. The minimum absolute atomic E-state index is 0.0791. The molecule has 134 valence electrons. The molecule has 0 radical (unpaired) electrons.